The van der Waals surface area contributed by atoms with Crippen molar-refractivity contribution in [1.82, 2.24) is 0 Å². The molecule has 5 heteroatoms. The Morgan fingerprint density at radius 2 is 1.84 bits per heavy atom. The zero-order valence-electron chi connectivity index (χ0n) is 10.00. The van der Waals surface area contributed by atoms with Crippen LogP contribution in [0.15, 0.2) is 42.5 Å². The summed E-state index contributed by atoms with van der Waals surface area (Å²) in [5, 5.41) is 3.75. The Balaban J connectivity index is 1.81. The number of benzene rings is 2. The third kappa shape index (κ3) is 4.01. The van der Waals surface area contributed by atoms with Gasteiger partial charge in [-0.1, -0.05) is 35.3 Å². The van der Waals surface area contributed by atoms with Crippen molar-refractivity contribution in [2.24, 2.45) is 0 Å². The lowest BCUT2D eigenvalue weighted by Crippen LogP contribution is -2.11. The fraction of sp³-hybridized carbons (Fsp3) is 0.143. The first-order valence-electron chi connectivity index (χ1n) is 5.73. The van der Waals surface area contributed by atoms with E-state index in [1.807, 2.05) is 12.1 Å². The normalized spacial score (nSPS) is 10.3. The van der Waals surface area contributed by atoms with Crippen LogP contribution in [0, 0.1) is 5.82 Å². The lowest BCUT2D eigenvalue weighted by atomic mass is 10.3. The van der Waals surface area contributed by atoms with Gasteiger partial charge in [-0.25, -0.2) is 4.39 Å². The molecule has 0 unspecified atom stereocenters. The lowest BCUT2D eigenvalue weighted by molar-refractivity contribution is 0.333. The van der Waals surface area contributed by atoms with E-state index in [0.29, 0.717) is 23.9 Å². The van der Waals surface area contributed by atoms with E-state index < -0.39 is 5.82 Å². The van der Waals surface area contributed by atoms with Crippen LogP contribution >= 0.6 is 23.2 Å². The Hall–Kier alpha value is -1.45. The summed E-state index contributed by atoms with van der Waals surface area (Å²) in [5.41, 5.74) is 0.745. The van der Waals surface area contributed by atoms with Crippen LogP contribution in [0.4, 0.5) is 10.1 Å². The van der Waals surface area contributed by atoms with E-state index in [1.54, 1.807) is 18.2 Å². The lowest BCUT2D eigenvalue weighted by Gasteiger charge is -2.10. The third-order valence-corrected chi connectivity index (χ3v) is 3.05. The fourth-order valence-corrected chi connectivity index (χ4v) is 1.90. The molecule has 2 rings (SSSR count). The highest BCUT2D eigenvalue weighted by Gasteiger charge is 2.01. The molecule has 0 heterocycles. The van der Waals surface area contributed by atoms with Crippen molar-refractivity contribution in [3.05, 3.63) is 58.3 Å². The molecule has 2 nitrogen and oxygen atoms in total. The van der Waals surface area contributed by atoms with E-state index in [4.69, 9.17) is 27.9 Å². The van der Waals surface area contributed by atoms with Crippen molar-refractivity contribution >= 4 is 28.9 Å². The average molecular weight is 300 g/mol. The predicted molar refractivity (Wildman–Crippen MR) is 76.8 cm³/mol. The third-order valence-electron chi connectivity index (χ3n) is 2.45. The van der Waals surface area contributed by atoms with Crippen LogP contribution in [-0.2, 0) is 0 Å². The maximum Gasteiger partial charge on any atom is 0.141 e. The van der Waals surface area contributed by atoms with Gasteiger partial charge >= 0.3 is 0 Å². The maximum atomic E-state index is 13.0. The molecule has 2 aromatic rings. The van der Waals surface area contributed by atoms with Crippen LogP contribution < -0.4 is 10.1 Å². The molecule has 2 aromatic carbocycles. The number of halogens is 3. The Morgan fingerprint density at radius 1 is 1.05 bits per heavy atom. The van der Waals surface area contributed by atoms with Gasteiger partial charge < -0.3 is 10.1 Å². The van der Waals surface area contributed by atoms with Crippen molar-refractivity contribution in [2.45, 2.75) is 0 Å². The SMILES string of the molecule is Fc1ccc(NCCOc2ccccc2Cl)cc1Cl. The van der Waals surface area contributed by atoms with E-state index in [2.05, 4.69) is 5.32 Å². The minimum atomic E-state index is -0.431. The van der Waals surface area contributed by atoms with Gasteiger partial charge in [0.05, 0.1) is 10.0 Å². The minimum Gasteiger partial charge on any atom is -0.490 e. The zero-order chi connectivity index (χ0) is 13.7. The van der Waals surface area contributed by atoms with Gasteiger partial charge in [0.2, 0.25) is 0 Å². The first kappa shape index (κ1) is 14.0. The summed E-state index contributed by atoms with van der Waals surface area (Å²) in [6, 6.07) is 11.7. The quantitative estimate of drug-likeness (QED) is 0.813. The monoisotopic (exact) mass is 299 g/mol. The number of para-hydroxylation sites is 1. The first-order valence-corrected chi connectivity index (χ1v) is 6.48. The summed E-state index contributed by atoms with van der Waals surface area (Å²) in [4.78, 5) is 0. The summed E-state index contributed by atoms with van der Waals surface area (Å²) < 4.78 is 18.5. The molecule has 0 spiro atoms. The number of ether oxygens (including phenoxy) is 1. The number of nitrogens with one attached hydrogen (secondary N) is 1. The topological polar surface area (TPSA) is 21.3 Å². The molecule has 0 fully saturated rings. The molecule has 0 atom stereocenters. The maximum absolute atomic E-state index is 13.0. The average Bonchev–Trinajstić information content (AvgIpc) is 2.40. The van der Waals surface area contributed by atoms with Crippen molar-refractivity contribution in [3.8, 4) is 5.75 Å². The summed E-state index contributed by atoms with van der Waals surface area (Å²) in [7, 11) is 0. The highest BCUT2D eigenvalue weighted by molar-refractivity contribution is 6.32. The van der Waals surface area contributed by atoms with Gasteiger partial charge in [-0.2, -0.15) is 0 Å². The van der Waals surface area contributed by atoms with Crippen LogP contribution in [0.5, 0.6) is 5.75 Å². The van der Waals surface area contributed by atoms with Crippen molar-refractivity contribution in [2.75, 3.05) is 18.5 Å². The zero-order valence-corrected chi connectivity index (χ0v) is 11.5. The summed E-state index contributed by atoms with van der Waals surface area (Å²) in [5.74, 6) is 0.211. The first-order chi connectivity index (χ1) is 9.16. The summed E-state index contributed by atoms with van der Waals surface area (Å²) in [6.45, 7) is 1.01. The van der Waals surface area contributed by atoms with Gasteiger partial charge in [0, 0.05) is 12.2 Å². The van der Waals surface area contributed by atoms with Crippen LogP contribution in [0.1, 0.15) is 0 Å². The molecule has 0 bridgehead atoms. The molecule has 100 valence electrons. The van der Waals surface area contributed by atoms with Gasteiger partial charge in [0.25, 0.3) is 0 Å². The van der Waals surface area contributed by atoms with Gasteiger partial charge in [-0.15, -0.1) is 0 Å². The largest absolute Gasteiger partial charge is 0.490 e. The van der Waals surface area contributed by atoms with Crippen LogP contribution in [0.3, 0.4) is 0 Å². The molecule has 0 saturated heterocycles. The molecule has 0 saturated carbocycles. The van der Waals surface area contributed by atoms with Crippen LogP contribution in [0.2, 0.25) is 10.0 Å². The Morgan fingerprint density at radius 3 is 2.58 bits per heavy atom. The van der Waals surface area contributed by atoms with Crippen molar-refractivity contribution < 1.29 is 9.13 Å². The number of anilines is 1. The second kappa shape index (κ2) is 6.64. The van der Waals surface area contributed by atoms with Gasteiger partial charge in [-0.05, 0) is 30.3 Å². The fourth-order valence-electron chi connectivity index (χ4n) is 1.52. The van der Waals surface area contributed by atoms with E-state index >= 15 is 0 Å². The number of hydrogen-bond donors (Lipinski definition) is 1. The highest BCUT2D eigenvalue weighted by Crippen LogP contribution is 2.23. The van der Waals surface area contributed by atoms with Crippen LogP contribution in [-0.4, -0.2) is 13.2 Å². The van der Waals surface area contributed by atoms with Gasteiger partial charge in [0.15, 0.2) is 0 Å². The summed E-state index contributed by atoms with van der Waals surface area (Å²) in [6.07, 6.45) is 0. The Kier molecular flexibility index (Phi) is 4.88. The molecule has 0 aliphatic heterocycles. The van der Waals surface area contributed by atoms with E-state index in [1.165, 1.54) is 12.1 Å². The molecule has 0 aliphatic rings. The smallest absolute Gasteiger partial charge is 0.141 e. The molecule has 1 N–H and O–H groups in total. The second-order valence-corrected chi connectivity index (χ2v) is 4.65. The summed E-state index contributed by atoms with van der Waals surface area (Å²) >= 11 is 11.6. The molecule has 0 amide bonds. The molecular weight excluding hydrogens is 288 g/mol. The number of rotatable bonds is 5. The minimum absolute atomic E-state index is 0.0945. The Bertz CT molecular complexity index is 563. The molecule has 0 radical (unpaired) electrons. The van der Waals surface area contributed by atoms with E-state index in [-0.39, 0.29) is 5.02 Å². The van der Waals surface area contributed by atoms with Crippen molar-refractivity contribution in [3.63, 3.8) is 0 Å². The van der Waals surface area contributed by atoms with Crippen molar-refractivity contribution in [1.29, 1.82) is 0 Å². The molecule has 0 aliphatic carbocycles. The van der Waals surface area contributed by atoms with Crippen LogP contribution in [0.25, 0.3) is 0 Å². The standard InChI is InChI=1S/C14H12Cl2FNO/c15-11-3-1-2-4-14(11)19-8-7-18-10-5-6-13(17)12(16)9-10/h1-6,9,18H,7-8H2. The second-order valence-electron chi connectivity index (χ2n) is 3.83. The molecule has 19 heavy (non-hydrogen) atoms. The number of hydrogen-bond acceptors (Lipinski definition) is 2. The Labute approximate surface area is 121 Å². The van der Waals surface area contributed by atoms with E-state index in [0.717, 1.165) is 5.69 Å². The highest BCUT2D eigenvalue weighted by atomic mass is 35.5. The predicted octanol–water partition coefficient (Wildman–Crippen LogP) is 4.62. The van der Waals surface area contributed by atoms with Gasteiger partial charge in [0.1, 0.15) is 18.2 Å². The molecule has 0 aromatic heterocycles. The molecular formula is C14H12Cl2FNO. The van der Waals surface area contributed by atoms with Gasteiger partial charge in [-0.3, -0.25) is 0 Å². The van der Waals surface area contributed by atoms with E-state index in [9.17, 15) is 4.39 Å².